The van der Waals surface area contributed by atoms with Crippen molar-refractivity contribution in [3.8, 4) is 0 Å². The Labute approximate surface area is 89.1 Å². The second-order valence-corrected chi connectivity index (χ2v) is 3.33. The molecule has 15 heavy (non-hydrogen) atoms. The molecule has 0 spiro atoms. The van der Waals surface area contributed by atoms with Gasteiger partial charge in [0.15, 0.2) is 0 Å². The minimum Gasteiger partial charge on any atom is -0.378 e. The van der Waals surface area contributed by atoms with Gasteiger partial charge in [0.25, 0.3) is 0 Å². The topological polar surface area (TPSA) is 58.2 Å². The maximum atomic E-state index is 11.1. The number of morpholine rings is 1. The number of hydrogen-bond acceptors (Lipinski definition) is 4. The molecule has 0 atom stereocenters. The molecule has 5 nitrogen and oxygen atoms in total. The van der Waals surface area contributed by atoms with Gasteiger partial charge >= 0.3 is 5.69 Å². The molecule has 0 aromatic carbocycles. The number of ether oxygens (including phenoxy) is 1. The van der Waals surface area contributed by atoms with Crippen LogP contribution in [0.2, 0.25) is 0 Å². The van der Waals surface area contributed by atoms with Gasteiger partial charge in [-0.25, -0.2) is 4.79 Å². The van der Waals surface area contributed by atoms with Gasteiger partial charge in [-0.05, 0) is 13.0 Å². The molecule has 0 radical (unpaired) electrons. The minimum atomic E-state index is -0.286. The Hall–Kier alpha value is -1.36. The van der Waals surface area contributed by atoms with E-state index >= 15 is 0 Å². The Morgan fingerprint density at radius 1 is 1.47 bits per heavy atom. The molecule has 0 bridgehead atoms. The van der Waals surface area contributed by atoms with Crippen LogP contribution in [0.5, 0.6) is 0 Å². The summed E-state index contributed by atoms with van der Waals surface area (Å²) in [6, 6.07) is 1.88. The highest BCUT2D eigenvalue weighted by Crippen LogP contribution is 2.10. The van der Waals surface area contributed by atoms with Crippen molar-refractivity contribution in [3.05, 3.63) is 22.2 Å². The van der Waals surface area contributed by atoms with Gasteiger partial charge < -0.3 is 14.6 Å². The zero-order valence-corrected chi connectivity index (χ0v) is 8.12. The predicted molar refractivity (Wildman–Crippen MR) is 59.4 cm³/mol. The average molecular weight is 211 g/mol. The Bertz CT molecular complexity index is 369. The SMILES string of the molecule is C.Cc1cc(N2CCOCC2)nc(=O)[nH]1. The van der Waals surface area contributed by atoms with E-state index in [0.29, 0.717) is 13.2 Å². The van der Waals surface area contributed by atoms with E-state index in [1.807, 2.05) is 13.0 Å². The van der Waals surface area contributed by atoms with E-state index in [4.69, 9.17) is 4.74 Å². The lowest BCUT2D eigenvalue weighted by Crippen LogP contribution is -2.37. The summed E-state index contributed by atoms with van der Waals surface area (Å²) in [5.41, 5.74) is 0.554. The molecule has 2 heterocycles. The molecule has 2 rings (SSSR count). The smallest absolute Gasteiger partial charge is 0.347 e. The number of rotatable bonds is 1. The molecule has 1 N–H and O–H groups in total. The van der Waals surface area contributed by atoms with E-state index < -0.39 is 0 Å². The summed E-state index contributed by atoms with van der Waals surface area (Å²) >= 11 is 0. The van der Waals surface area contributed by atoms with E-state index in [-0.39, 0.29) is 13.1 Å². The zero-order valence-electron chi connectivity index (χ0n) is 8.12. The van der Waals surface area contributed by atoms with Crippen LogP contribution in [-0.2, 0) is 4.74 Å². The standard InChI is InChI=1S/C9H13N3O2.CH4/c1-7-6-8(11-9(13)10-7)12-2-4-14-5-3-12;/h6H,2-5H2,1H3,(H,10,11,13);1H4. The number of H-pyrrole nitrogens is 1. The number of aromatic nitrogens is 2. The fourth-order valence-corrected chi connectivity index (χ4v) is 1.52. The van der Waals surface area contributed by atoms with Gasteiger partial charge in [0.2, 0.25) is 0 Å². The number of nitrogens with one attached hydrogen (secondary N) is 1. The van der Waals surface area contributed by atoms with Crippen LogP contribution in [0.1, 0.15) is 13.1 Å². The molecule has 84 valence electrons. The van der Waals surface area contributed by atoms with E-state index in [2.05, 4.69) is 14.9 Å². The van der Waals surface area contributed by atoms with Crippen molar-refractivity contribution < 1.29 is 4.74 Å². The minimum absolute atomic E-state index is 0. The van der Waals surface area contributed by atoms with Crippen LogP contribution in [0.15, 0.2) is 10.9 Å². The highest BCUT2D eigenvalue weighted by Gasteiger charge is 2.12. The third-order valence-electron chi connectivity index (χ3n) is 2.20. The number of aromatic amines is 1. The first-order valence-corrected chi connectivity index (χ1v) is 4.66. The number of hydrogen-bond donors (Lipinski definition) is 1. The number of nitrogens with zero attached hydrogens (tertiary/aromatic N) is 2. The maximum absolute atomic E-state index is 11.1. The Morgan fingerprint density at radius 2 is 2.13 bits per heavy atom. The lowest BCUT2D eigenvalue weighted by molar-refractivity contribution is 0.122. The van der Waals surface area contributed by atoms with E-state index in [1.165, 1.54) is 0 Å². The molecule has 1 aromatic rings. The highest BCUT2D eigenvalue weighted by atomic mass is 16.5. The van der Waals surface area contributed by atoms with Crippen LogP contribution in [0.25, 0.3) is 0 Å². The van der Waals surface area contributed by atoms with Crippen molar-refractivity contribution in [2.24, 2.45) is 0 Å². The molecule has 5 heteroatoms. The lowest BCUT2D eigenvalue weighted by atomic mass is 10.3. The van der Waals surface area contributed by atoms with Crippen molar-refractivity contribution in [2.45, 2.75) is 14.4 Å². The number of anilines is 1. The third-order valence-corrected chi connectivity index (χ3v) is 2.20. The molecular weight excluding hydrogens is 194 g/mol. The van der Waals surface area contributed by atoms with Crippen LogP contribution in [0, 0.1) is 6.92 Å². The van der Waals surface area contributed by atoms with Crippen LogP contribution < -0.4 is 10.6 Å². The summed E-state index contributed by atoms with van der Waals surface area (Å²) < 4.78 is 5.23. The monoisotopic (exact) mass is 211 g/mol. The normalized spacial score (nSPS) is 15.9. The van der Waals surface area contributed by atoms with Crippen molar-refractivity contribution >= 4 is 5.82 Å². The van der Waals surface area contributed by atoms with E-state index in [1.54, 1.807) is 0 Å². The second kappa shape index (κ2) is 4.93. The first kappa shape index (κ1) is 11.7. The van der Waals surface area contributed by atoms with Crippen molar-refractivity contribution in [3.63, 3.8) is 0 Å². The first-order chi connectivity index (χ1) is 6.75. The Morgan fingerprint density at radius 3 is 2.73 bits per heavy atom. The van der Waals surface area contributed by atoms with Crippen LogP contribution in [0.3, 0.4) is 0 Å². The molecule has 0 aliphatic carbocycles. The molecule has 1 aliphatic heterocycles. The summed E-state index contributed by atoms with van der Waals surface area (Å²) in [5.74, 6) is 0.745. The van der Waals surface area contributed by atoms with Crippen LogP contribution in [0.4, 0.5) is 5.82 Å². The zero-order chi connectivity index (χ0) is 9.97. The lowest BCUT2D eigenvalue weighted by Gasteiger charge is -2.27. The van der Waals surface area contributed by atoms with Gasteiger partial charge in [-0.2, -0.15) is 4.98 Å². The van der Waals surface area contributed by atoms with Crippen molar-refractivity contribution in [1.29, 1.82) is 0 Å². The molecule has 1 aromatic heterocycles. The molecule has 1 aliphatic rings. The fraction of sp³-hybridized carbons (Fsp3) is 0.600. The predicted octanol–water partition coefficient (Wildman–Crippen LogP) is 0.551. The largest absolute Gasteiger partial charge is 0.378 e. The molecule has 1 saturated heterocycles. The highest BCUT2D eigenvalue weighted by molar-refractivity contribution is 5.38. The molecule has 0 saturated carbocycles. The van der Waals surface area contributed by atoms with E-state index in [0.717, 1.165) is 24.6 Å². The Balaban J connectivity index is 0.00000112. The summed E-state index contributed by atoms with van der Waals surface area (Å²) in [7, 11) is 0. The first-order valence-electron chi connectivity index (χ1n) is 4.66. The summed E-state index contributed by atoms with van der Waals surface area (Å²) in [5, 5.41) is 0. The molecular formula is C10H17N3O2. The third kappa shape index (κ3) is 2.79. The van der Waals surface area contributed by atoms with Gasteiger partial charge in [0.1, 0.15) is 5.82 Å². The van der Waals surface area contributed by atoms with Crippen LogP contribution >= 0.6 is 0 Å². The fourth-order valence-electron chi connectivity index (χ4n) is 1.52. The second-order valence-electron chi connectivity index (χ2n) is 3.33. The molecule has 0 unspecified atom stereocenters. The van der Waals surface area contributed by atoms with Gasteiger partial charge in [0.05, 0.1) is 13.2 Å². The summed E-state index contributed by atoms with van der Waals surface area (Å²) in [4.78, 5) is 19.7. The quantitative estimate of drug-likeness (QED) is 0.737. The van der Waals surface area contributed by atoms with Gasteiger partial charge in [0, 0.05) is 18.8 Å². The molecule has 1 fully saturated rings. The van der Waals surface area contributed by atoms with E-state index in [9.17, 15) is 4.79 Å². The van der Waals surface area contributed by atoms with Gasteiger partial charge in [-0.3, -0.25) is 0 Å². The number of aryl methyl sites for hydroxylation is 1. The maximum Gasteiger partial charge on any atom is 0.347 e. The van der Waals surface area contributed by atoms with Crippen LogP contribution in [-0.4, -0.2) is 36.3 Å². The average Bonchev–Trinajstić information content (AvgIpc) is 2.18. The summed E-state index contributed by atoms with van der Waals surface area (Å²) in [6.45, 7) is 4.86. The molecule has 0 amide bonds. The Kier molecular flexibility index (Phi) is 3.85. The van der Waals surface area contributed by atoms with Crippen molar-refractivity contribution in [1.82, 2.24) is 9.97 Å². The van der Waals surface area contributed by atoms with Crippen molar-refractivity contribution in [2.75, 3.05) is 31.2 Å². The van der Waals surface area contributed by atoms with Gasteiger partial charge in [-0.15, -0.1) is 0 Å². The van der Waals surface area contributed by atoms with Gasteiger partial charge in [-0.1, -0.05) is 7.43 Å². The summed E-state index contributed by atoms with van der Waals surface area (Å²) in [6.07, 6.45) is 0.